The zero-order valence-electron chi connectivity index (χ0n) is 15.2. The highest BCUT2D eigenvalue weighted by Crippen LogP contribution is 2.38. The molecular formula is C20H28N4. The van der Waals surface area contributed by atoms with E-state index < -0.39 is 0 Å². The number of rotatable bonds is 6. The molecular weight excluding hydrogens is 296 g/mol. The molecule has 0 aliphatic carbocycles. The average molecular weight is 324 g/mol. The van der Waals surface area contributed by atoms with E-state index in [-0.39, 0.29) is 0 Å². The maximum absolute atomic E-state index is 6.46. The Morgan fingerprint density at radius 1 is 0.667 bits per heavy atom. The molecule has 128 valence electrons. The minimum Gasteiger partial charge on any atom is -0.399 e. The van der Waals surface area contributed by atoms with Crippen LogP contribution in [0.1, 0.15) is 49.9 Å². The zero-order chi connectivity index (χ0) is 17.7. The third kappa shape index (κ3) is 3.42. The predicted molar refractivity (Wildman–Crippen MR) is 103 cm³/mol. The van der Waals surface area contributed by atoms with Gasteiger partial charge in [0.15, 0.2) is 0 Å². The first-order valence-electron chi connectivity index (χ1n) is 8.79. The molecule has 0 aromatic heterocycles. The number of benzene rings is 2. The van der Waals surface area contributed by atoms with E-state index >= 15 is 0 Å². The lowest BCUT2D eigenvalue weighted by Crippen LogP contribution is -2.07. The van der Waals surface area contributed by atoms with Crippen molar-refractivity contribution in [2.75, 3.05) is 11.5 Å². The molecule has 0 fully saturated rings. The Morgan fingerprint density at radius 3 is 1.54 bits per heavy atom. The van der Waals surface area contributed by atoms with Crippen LogP contribution in [0.2, 0.25) is 0 Å². The lowest BCUT2D eigenvalue weighted by molar-refractivity contribution is 0.966. The van der Waals surface area contributed by atoms with Crippen LogP contribution in [0, 0.1) is 0 Å². The summed E-state index contributed by atoms with van der Waals surface area (Å²) in [5.74, 6) is 0. The third-order valence-corrected chi connectivity index (χ3v) is 4.52. The Bertz CT molecular complexity index is 697. The minimum absolute atomic E-state index is 0.728. The van der Waals surface area contributed by atoms with Gasteiger partial charge in [0.1, 0.15) is 0 Å². The minimum atomic E-state index is 0.728. The van der Waals surface area contributed by atoms with E-state index in [2.05, 4.69) is 37.9 Å². The second kappa shape index (κ2) is 7.95. The van der Waals surface area contributed by atoms with Gasteiger partial charge in [-0.3, -0.25) is 0 Å². The molecule has 0 saturated carbocycles. The highest BCUT2D eigenvalue weighted by molar-refractivity contribution is 5.71. The molecule has 0 bridgehead atoms. The van der Waals surface area contributed by atoms with E-state index in [1.165, 1.54) is 22.3 Å². The molecule has 2 aromatic carbocycles. The number of azo groups is 1. The van der Waals surface area contributed by atoms with Crippen LogP contribution in [-0.2, 0) is 25.7 Å². The Kier molecular flexibility index (Phi) is 5.96. The molecule has 0 saturated heterocycles. The van der Waals surface area contributed by atoms with Gasteiger partial charge in [0.2, 0.25) is 0 Å². The predicted octanol–water partition coefficient (Wildman–Crippen LogP) is 5.52. The maximum atomic E-state index is 6.46. The van der Waals surface area contributed by atoms with Crippen LogP contribution in [0.25, 0.3) is 0 Å². The van der Waals surface area contributed by atoms with Crippen molar-refractivity contribution in [2.24, 2.45) is 10.2 Å². The standard InChI is InChI=1S/C20H28N4/c1-5-15-17(7-3)20(18(8-4)16(6-2)19(15)22)24-23-14-11-9-13(21)10-12-14/h9-12H,5-8,21-22H2,1-4H3. The van der Waals surface area contributed by atoms with Gasteiger partial charge in [-0.2, -0.15) is 5.11 Å². The topological polar surface area (TPSA) is 76.8 Å². The molecule has 4 heteroatoms. The number of nitrogens with two attached hydrogens (primary N) is 2. The number of anilines is 2. The normalized spacial score (nSPS) is 11.3. The van der Waals surface area contributed by atoms with E-state index in [4.69, 9.17) is 11.5 Å². The van der Waals surface area contributed by atoms with Crippen LogP contribution in [0.15, 0.2) is 34.5 Å². The van der Waals surface area contributed by atoms with Crippen molar-refractivity contribution in [2.45, 2.75) is 53.4 Å². The second-order valence-electron chi connectivity index (χ2n) is 5.88. The summed E-state index contributed by atoms with van der Waals surface area (Å²) >= 11 is 0. The van der Waals surface area contributed by atoms with Crippen molar-refractivity contribution in [3.05, 3.63) is 46.5 Å². The van der Waals surface area contributed by atoms with Crippen LogP contribution < -0.4 is 11.5 Å². The maximum Gasteiger partial charge on any atom is 0.0927 e. The smallest absolute Gasteiger partial charge is 0.0927 e. The van der Waals surface area contributed by atoms with Gasteiger partial charge >= 0.3 is 0 Å². The van der Waals surface area contributed by atoms with Crippen LogP contribution in [0.4, 0.5) is 22.7 Å². The molecule has 0 unspecified atom stereocenters. The molecule has 0 aliphatic rings. The van der Waals surface area contributed by atoms with E-state index in [0.29, 0.717) is 0 Å². The Morgan fingerprint density at radius 2 is 1.12 bits per heavy atom. The monoisotopic (exact) mass is 324 g/mol. The first-order chi connectivity index (χ1) is 11.6. The average Bonchev–Trinajstić information content (AvgIpc) is 2.60. The Hall–Kier alpha value is -2.36. The highest BCUT2D eigenvalue weighted by Gasteiger charge is 2.19. The van der Waals surface area contributed by atoms with Crippen molar-refractivity contribution in [3.8, 4) is 0 Å². The number of hydrogen-bond acceptors (Lipinski definition) is 4. The van der Waals surface area contributed by atoms with E-state index in [0.717, 1.165) is 48.4 Å². The summed E-state index contributed by atoms with van der Waals surface area (Å²) in [7, 11) is 0. The quantitative estimate of drug-likeness (QED) is 0.542. The van der Waals surface area contributed by atoms with Gasteiger partial charge in [0.25, 0.3) is 0 Å². The van der Waals surface area contributed by atoms with E-state index in [1.807, 2.05) is 24.3 Å². The highest BCUT2D eigenvalue weighted by atomic mass is 15.1. The molecule has 0 radical (unpaired) electrons. The van der Waals surface area contributed by atoms with Crippen LogP contribution in [-0.4, -0.2) is 0 Å². The van der Waals surface area contributed by atoms with Crippen molar-refractivity contribution >= 4 is 22.7 Å². The van der Waals surface area contributed by atoms with Gasteiger partial charge in [-0.25, -0.2) is 0 Å². The lowest BCUT2D eigenvalue weighted by atomic mass is 9.88. The molecule has 0 amide bonds. The third-order valence-electron chi connectivity index (χ3n) is 4.52. The molecule has 2 aromatic rings. The SMILES string of the molecule is CCc1c(N)c(CC)c(CC)c(N=Nc2ccc(N)cc2)c1CC. The number of nitrogen functional groups attached to an aromatic ring is 2. The van der Waals surface area contributed by atoms with Crippen LogP contribution in [0.3, 0.4) is 0 Å². The summed E-state index contributed by atoms with van der Waals surface area (Å²) < 4.78 is 0. The van der Waals surface area contributed by atoms with Crippen molar-refractivity contribution in [3.63, 3.8) is 0 Å². The fraction of sp³-hybridized carbons (Fsp3) is 0.400. The summed E-state index contributed by atoms with van der Waals surface area (Å²) in [6, 6.07) is 7.45. The summed E-state index contributed by atoms with van der Waals surface area (Å²) in [6.45, 7) is 8.61. The van der Waals surface area contributed by atoms with Crippen molar-refractivity contribution < 1.29 is 0 Å². The molecule has 4 N–H and O–H groups in total. The number of nitrogens with zero attached hydrogens (tertiary/aromatic N) is 2. The van der Waals surface area contributed by atoms with E-state index in [1.54, 1.807) is 0 Å². The van der Waals surface area contributed by atoms with Gasteiger partial charge in [0.05, 0.1) is 11.4 Å². The van der Waals surface area contributed by atoms with Gasteiger partial charge in [-0.1, -0.05) is 27.7 Å². The van der Waals surface area contributed by atoms with E-state index in [9.17, 15) is 0 Å². The van der Waals surface area contributed by atoms with Gasteiger partial charge < -0.3 is 11.5 Å². The molecule has 0 spiro atoms. The summed E-state index contributed by atoms with van der Waals surface area (Å²) in [6.07, 6.45) is 3.63. The van der Waals surface area contributed by atoms with Crippen LogP contribution in [0.5, 0.6) is 0 Å². The largest absolute Gasteiger partial charge is 0.399 e. The fourth-order valence-electron chi connectivity index (χ4n) is 3.31. The lowest BCUT2D eigenvalue weighted by Gasteiger charge is -2.20. The first kappa shape index (κ1) is 18.0. The Balaban J connectivity index is 2.63. The summed E-state index contributed by atoms with van der Waals surface area (Å²) in [5.41, 5.74) is 20.6. The molecule has 24 heavy (non-hydrogen) atoms. The molecule has 2 rings (SSSR count). The van der Waals surface area contributed by atoms with Crippen LogP contribution >= 0.6 is 0 Å². The second-order valence-corrected chi connectivity index (χ2v) is 5.88. The zero-order valence-corrected chi connectivity index (χ0v) is 15.2. The first-order valence-corrected chi connectivity index (χ1v) is 8.79. The van der Waals surface area contributed by atoms with Crippen molar-refractivity contribution in [1.29, 1.82) is 0 Å². The Labute approximate surface area is 145 Å². The molecule has 4 nitrogen and oxygen atoms in total. The molecule has 0 atom stereocenters. The van der Waals surface area contributed by atoms with Gasteiger partial charge in [-0.05, 0) is 72.2 Å². The van der Waals surface area contributed by atoms with Crippen molar-refractivity contribution in [1.82, 2.24) is 0 Å². The number of hydrogen-bond donors (Lipinski definition) is 2. The summed E-state index contributed by atoms with van der Waals surface area (Å²) in [4.78, 5) is 0. The summed E-state index contributed by atoms with van der Waals surface area (Å²) in [5, 5.41) is 9.08. The molecule has 0 heterocycles. The fourth-order valence-corrected chi connectivity index (χ4v) is 3.31. The van der Waals surface area contributed by atoms with Gasteiger partial charge in [-0.15, -0.1) is 5.11 Å². The van der Waals surface area contributed by atoms with Gasteiger partial charge in [0, 0.05) is 11.4 Å². The molecule has 0 aliphatic heterocycles.